The average Bonchev–Trinajstić information content (AvgIpc) is 2.16. The summed E-state index contributed by atoms with van der Waals surface area (Å²) in [6.07, 6.45) is 1.83. The van der Waals surface area contributed by atoms with Crippen LogP contribution in [0.4, 0.5) is 0 Å². The van der Waals surface area contributed by atoms with Crippen molar-refractivity contribution in [2.45, 2.75) is 19.4 Å². The van der Waals surface area contributed by atoms with Crippen molar-refractivity contribution in [3.05, 3.63) is 23.9 Å². The number of aromatic nitrogens is 1. The van der Waals surface area contributed by atoms with Gasteiger partial charge in [-0.1, -0.05) is 6.92 Å². The van der Waals surface area contributed by atoms with Crippen molar-refractivity contribution in [1.29, 1.82) is 0 Å². The molecule has 0 bridgehead atoms. The molecular weight excluding hydrogens is 154 g/mol. The minimum Gasteiger partial charge on any atom is -0.481 e. The molecule has 1 rings (SSSR count). The lowest BCUT2D eigenvalue weighted by Crippen LogP contribution is -2.00. The van der Waals surface area contributed by atoms with E-state index < -0.39 is 6.10 Å². The molecule has 3 nitrogen and oxygen atoms in total. The van der Waals surface area contributed by atoms with Crippen LogP contribution in [-0.2, 0) is 0 Å². The second-order valence-corrected chi connectivity index (χ2v) is 2.53. The summed E-state index contributed by atoms with van der Waals surface area (Å²) in [7, 11) is 1.55. The highest BCUT2D eigenvalue weighted by atomic mass is 16.5. The highest BCUT2D eigenvalue weighted by Crippen LogP contribution is 2.23. The third-order valence-corrected chi connectivity index (χ3v) is 1.74. The maximum atomic E-state index is 9.52. The van der Waals surface area contributed by atoms with Crippen LogP contribution in [0.3, 0.4) is 0 Å². The predicted octanol–water partition coefficient (Wildman–Crippen LogP) is 1.53. The number of ether oxygens (including phenoxy) is 1. The van der Waals surface area contributed by atoms with Gasteiger partial charge in [-0.05, 0) is 18.6 Å². The molecule has 0 spiro atoms. The molecule has 0 fully saturated rings. The van der Waals surface area contributed by atoms with E-state index in [0.717, 1.165) is 5.56 Å². The normalized spacial score (nSPS) is 12.6. The van der Waals surface area contributed by atoms with Gasteiger partial charge in [0.05, 0.1) is 13.2 Å². The molecule has 1 aromatic heterocycles. The van der Waals surface area contributed by atoms with Gasteiger partial charge in [-0.3, -0.25) is 0 Å². The van der Waals surface area contributed by atoms with Crippen molar-refractivity contribution in [2.75, 3.05) is 7.11 Å². The van der Waals surface area contributed by atoms with E-state index in [1.54, 1.807) is 19.4 Å². The molecule has 1 unspecified atom stereocenters. The molecule has 1 atom stereocenters. The summed E-state index contributed by atoms with van der Waals surface area (Å²) >= 11 is 0. The molecule has 3 heteroatoms. The zero-order valence-corrected chi connectivity index (χ0v) is 7.32. The first kappa shape index (κ1) is 9.00. The molecule has 0 radical (unpaired) electrons. The van der Waals surface area contributed by atoms with Gasteiger partial charge in [0.2, 0.25) is 5.88 Å². The van der Waals surface area contributed by atoms with Gasteiger partial charge < -0.3 is 9.84 Å². The number of hydrogen-bond acceptors (Lipinski definition) is 3. The topological polar surface area (TPSA) is 42.4 Å². The predicted molar refractivity (Wildman–Crippen MR) is 46.0 cm³/mol. The summed E-state index contributed by atoms with van der Waals surface area (Å²) in [6, 6.07) is 3.61. The Kier molecular flexibility index (Phi) is 3.05. The van der Waals surface area contributed by atoms with E-state index in [1.165, 1.54) is 0 Å². The molecule has 1 N–H and O–H groups in total. The molecule has 0 aromatic carbocycles. The van der Waals surface area contributed by atoms with Crippen LogP contribution in [0.25, 0.3) is 0 Å². The fraction of sp³-hybridized carbons (Fsp3) is 0.444. The summed E-state index contributed by atoms with van der Waals surface area (Å²) in [5.74, 6) is 0.506. The second kappa shape index (κ2) is 4.07. The lowest BCUT2D eigenvalue weighted by atomic mass is 10.1. The highest BCUT2D eigenvalue weighted by Gasteiger charge is 2.10. The van der Waals surface area contributed by atoms with Crippen LogP contribution in [0.2, 0.25) is 0 Å². The van der Waals surface area contributed by atoms with Crippen molar-refractivity contribution in [3.63, 3.8) is 0 Å². The molecule has 0 aliphatic carbocycles. The first-order valence-electron chi connectivity index (χ1n) is 3.96. The Balaban J connectivity index is 2.96. The Morgan fingerprint density at radius 1 is 1.67 bits per heavy atom. The summed E-state index contributed by atoms with van der Waals surface area (Å²) in [5, 5.41) is 9.52. The summed E-state index contributed by atoms with van der Waals surface area (Å²) < 4.78 is 5.00. The van der Waals surface area contributed by atoms with Crippen molar-refractivity contribution >= 4 is 0 Å². The Morgan fingerprint density at radius 2 is 2.42 bits per heavy atom. The number of hydrogen-bond donors (Lipinski definition) is 1. The second-order valence-electron chi connectivity index (χ2n) is 2.53. The van der Waals surface area contributed by atoms with E-state index in [4.69, 9.17) is 4.74 Å². The summed E-state index contributed by atoms with van der Waals surface area (Å²) in [5.41, 5.74) is 0.752. The van der Waals surface area contributed by atoms with Gasteiger partial charge in [0.25, 0.3) is 0 Å². The Bertz CT molecular complexity index is 250. The third kappa shape index (κ3) is 1.74. The fourth-order valence-electron chi connectivity index (χ4n) is 1.05. The molecule has 1 heterocycles. The molecule has 0 amide bonds. The molecule has 0 saturated carbocycles. The molecule has 0 aliphatic heterocycles. The standard InChI is InChI=1S/C9H13NO2/c1-3-8(11)7-5-4-6-10-9(7)12-2/h4-6,8,11H,3H2,1-2H3. The number of rotatable bonds is 3. The van der Waals surface area contributed by atoms with Crippen LogP contribution in [-0.4, -0.2) is 17.2 Å². The minimum absolute atomic E-state index is 0.478. The molecule has 1 aromatic rings. The van der Waals surface area contributed by atoms with Crippen molar-refractivity contribution in [3.8, 4) is 5.88 Å². The molecule has 66 valence electrons. The molecule has 0 aliphatic rings. The monoisotopic (exact) mass is 167 g/mol. The average molecular weight is 167 g/mol. The van der Waals surface area contributed by atoms with Gasteiger partial charge in [0, 0.05) is 11.8 Å². The van der Waals surface area contributed by atoms with Gasteiger partial charge >= 0.3 is 0 Å². The zero-order chi connectivity index (χ0) is 8.97. The molecular formula is C9H13NO2. The van der Waals surface area contributed by atoms with Crippen LogP contribution in [0.1, 0.15) is 25.0 Å². The van der Waals surface area contributed by atoms with E-state index in [-0.39, 0.29) is 0 Å². The van der Waals surface area contributed by atoms with E-state index in [1.807, 2.05) is 13.0 Å². The SMILES string of the molecule is CCC(O)c1cccnc1OC. The molecule has 12 heavy (non-hydrogen) atoms. The Morgan fingerprint density at radius 3 is 3.00 bits per heavy atom. The maximum absolute atomic E-state index is 9.52. The smallest absolute Gasteiger partial charge is 0.218 e. The van der Waals surface area contributed by atoms with E-state index >= 15 is 0 Å². The number of methoxy groups -OCH3 is 1. The lowest BCUT2D eigenvalue weighted by Gasteiger charge is -2.10. The van der Waals surface area contributed by atoms with Crippen LogP contribution < -0.4 is 4.74 Å². The van der Waals surface area contributed by atoms with Gasteiger partial charge in [-0.2, -0.15) is 0 Å². The number of aliphatic hydroxyl groups is 1. The van der Waals surface area contributed by atoms with Crippen molar-refractivity contribution in [2.24, 2.45) is 0 Å². The highest BCUT2D eigenvalue weighted by molar-refractivity contribution is 5.27. The fourth-order valence-corrected chi connectivity index (χ4v) is 1.05. The van der Waals surface area contributed by atoms with E-state index in [9.17, 15) is 5.11 Å². The Hall–Kier alpha value is -1.09. The first-order valence-corrected chi connectivity index (χ1v) is 3.96. The quantitative estimate of drug-likeness (QED) is 0.742. The van der Waals surface area contributed by atoms with Crippen LogP contribution in [0.5, 0.6) is 5.88 Å². The number of pyridine rings is 1. The van der Waals surface area contributed by atoms with E-state index in [0.29, 0.717) is 12.3 Å². The first-order chi connectivity index (χ1) is 5.79. The largest absolute Gasteiger partial charge is 0.481 e. The molecule has 0 saturated heterocycles. The third-order valence-electron chi connectivity index (χ3n) is 1.74. The van der Waals surface area contributed by atoms with Crippen molar-refractivity contribution < 1.29 is 9.84 Å². The minimum atomic E-state index is -0.478. The summed E-state index contributed by atoms with van der Waals surface area (Å²) in [4.78, 5) is 3.98. The van der Waals surface area contributed by atoms with Gasteiger partial charge in [0.15, 0.2) is 0 Å². The van der Waals surface area contributed by atoms with Gasteiger partial charge in [0.1, 0.15) is 0 Å². The maximum Gasteiger partial charge on any atom is 0.218 e. The number of aliphatic hydroxyl groups excluding tert-OH is 1. The Labute approximate surface area is 72.0 Å². The van der Waals surface area contributed by atoms with E-state index in [2.05, 4.69) is 4.98 Å². The van der Waals surface area contributed by atoms with Crippen LogP contribution >= 0.6 is 0 Å². The van der Waals surface area contributed by atoms with Crippen LogP contribution in [0, 0.1) is 0 Å². The summed E-state index contributed by atoms with van der Waals surface area (Å²) in [6.45, 7) is 1.91. The number of nitrogens with zero attached hydrogens (tertiary/aromatic N) is 1. The van der Waals surface area contributed by atoms with Crippen molar-refractivity contribution in [1.82, 2.24) is 4.98 Å². The zero-order valence-electron chi connectivity index (χ0n) is 7.32. The van der Waals surface area contributed by atoms with Crippen LogP contribution in [0.15, 0.2) is 18.3 Å². The lowest BCUT2D eigenvalue weighted by molar-refractivity contribution is 0.168. The van der Waals surface area contributed by atoms with Gasteiger partial charge in [-0.15, -0.1) is 0 Å². The van der Waals surface area contributed by atoms with Gasteiger partial charge in [-0.25, -0.2) is 4.98 Å².